The van der Waals surface area contributed by atoms with Crippen LogP contribution in [0.3, 0.4) is 0 Å². The molecule has 3 nitrogen and oxygen atoms in total. The average Bonchev–Trinajstić information content (AvgIpc) is 1.85. The molecule has 0 saturated carbocycles. The normalized spacial score (nSPS) is 16.2. The van der Waals surface area contributed by atoms with E-state index in [1.807, 2.05) is 13.8 Å². The maximum Gasteiger partial charge on any atom is 0.132 e. The van der Waals surface area contributed by atoms with Crippen molar-refractivity contribution in [2.45, 2.75) is 39.2 Å². The Balaban J connectivity index is 4.28. The Hall–Kier alpha value is -0.410. The molecule has 72 valence electrons. The molecular weight excluding hydrogens is 156 g/mol. The van der Waals surface area contributed by atoms with E-state index in [-0.39, 0.29) is 31.1 Å². The van der Waals surface area contributed by atoms with Crippen LogP contribution in [0.1, 0.15) is 33.6 Å². The summed E-state index contributed by atoms with van der Waals surface area (Å²) in [6.45, 7) is 5.06. The van der Waals surface area contributed by atoms with Gasteiger partial charge in [-0.3, -0.25) is 4.79 Å². The highest BCUT2D eigenvalue weighted by molar-refractivity contribution is 5.76. The summed E-state index contributed by atoms with van der Waals surface area (Å²) >= 11 is 0. The number of ketones is 1. The molecule has 0 radical (unpaired) electrons. The summed E-state index contributed by atoms with van der Waals surface area (Å²) in [6.07, 6.45) is 0.398. The van der Waals surface area contributed by atoms with Crippen LogP contribution in [0.5, 0.6) is 0 Å². The van der Waals surface area contributed by atoms with E-state index in [0.717, 1.165) is 0 Å². The predicted octanol–water partition coefficient (Wildman–Crippen LogP) is 0.735. The van der Waals surface area contributed by atoms with Crippen LogP contribution in [0.15, 0.2) is 0 Å². The lowest BCUT2D eigenvalue weighted by Gasteiger charge is -2.30. The van der Waals surface area contributed by atoms with Crippen molar-refractivity contribution in [3.05, 3.63) is 0 Å². The summed E-state index contributed by atoms with van der Waals surface area (Å²) in [7, 11) is 0. The monoisotopic (exact) mass is 174 g/mol. The number of aliphatic hydroxyl groups is 2. The first-order valence-electron chi connectivity index (χ1n) is 4.25. The molecule has 0 saturated heterocycles. The third-order valence-electron chi connectivity index (χ3n) is 2.17. The van der Waals surface area contributed by atoms with Gasteiger partial charge < -0.3 is 10.2 Å². The molecule has 0 heterocycles. The van der Waals surface area contributed by atoms with Crippen molar-refractivity contribution in [2.75, 3.05) is 6.61 Å². The summed E-state index contributed by atoms with van der Waals surface area (Å²) < 4.78 is 0. The molecule has 0 bridgehead atoms. The Morgan fingerprint density at radius 2 is 2.00 bits per heavy atom. The summed E-state index contributed by atoms with van der Waals surface area (Å²) in [6, 6.07) is 0. The Morgan fingerprint density at radius 3 is 2.25 bits per heavy atom. The smallest absolute Gasteiger partial charge is 0.132 e. The molecule has 0 aliphatic rings. The fourth-order valence-electron chi connectivity index (χ4n) is 1.21. The van der Waals surface area contributed by atoms with Crippen LogP contribution in [0.4, 0.5) is 0 Å². The number of hydrogen-bond donors (Lipinski definition) is 2. The van der Waals surface area contributed by atoms with Gasteiger partial charge in [0.05, 0.1) is 5.60 Å². The van der Waals surface area contributed by atoms with Crippen LogP contribution in [-0.2, 0) is 4.79 Å². The summed E-state index contributed by atoms with van der Waals surface area (Å²) in [5, 5.41) is 18.6. The minimum atomic E-state index is -1.03. The Morgan fingerprint density at radius 1 is 1.50 bits per heavy atom. The zero-order valence-electron chi connectivity index (χ0n) is 8.00. The third kappa shape index (κ3) is 3.32. The molecule has 1 unspecified atom stereocenters. The van der Waals surface area contributed by atoms with E-state index in [1.54, 1.807) is 0 Å². The van der Waals surface area contributed by atoms with E-state index in [2.05, 4.69) is 0 Å². The molecule has 1 atom stereocenters. The van der Waals surface area contributed by atoms with Crippen molar-refractivity contribution in [2.24, 2.45) is 5.92 Å². The van der Waals surface area contributed by atoms with Crippen molar-refractivity contribution < 1.29 is 15.0 Å². The molecule has 0 aromatic carbocycles. The summed E-state index contributed by atoms with van der Waals surface area (Å²) in [5.41, 5.74) is -1.03. The number of rotatable bonds is 5. The lowest BCUT2D eigenvalue weighted by molar-refractivity contribution is -0.124. The maximum absolute atomic E-state index is 10.8. The van der Waals surface area contributed by atoms with Gasteiger partial charge in [0.25, 0.3) is 0 Å². The van der Waals surface area contributed by atoms with Crippen LogP contribution in [0.2, 0.25) is 0 Å². The fourth-order valence-corrected chi connectivity index (χ4v) is 1.21. The number of Topliss-reactive ketones (excluding diaryl/α,β-unsaturated/α-hetero) is 1. The van der Waals surface area contributed by atoms with Crippen LogP contribution in [0, 0.1) is 5.92 Å². The second kappa shape index (κ2) is 4.58. The Labute approximate surface area is 73.4 Å². The quantitative estimate of drug-likeness (QED) is 0.646. The first-order valence-corrected chi connectivity index (χ1v) is 4.25. The van der Waals surface area contributed by atoms with Gasteiger partial charge in [-0.15, -0.1) is 0 Å². The second-order valence-electron chi connectivity index (χ2n) is 3.61. The van der Waals surface area contributed by atoms with E-state index in [4.69, 9.17) is 5.11 Å². The van der Waals surface area contributed by atoms with Crippen LogP contribution >= 0.6 is 0 Å². The van der Waals surface area contributed by atoms with Crippen LogP contribution < -0.4 is 0 Å². The molecule has 0 aromatic heterocycles. The van der Waals surface area contributed by atoms with Gasteiger partial charge in [-0.2, -0.15) is 0 Å². The summed E-state index contributed by atoms with van der Waals surface area (Å²) in [5.74, 6) is -0.0480. The molecule has 0 amide bonds. The van der Waals surface area contributed by atoms with Crippen LogP contribution in [-0.4, -0.2) is 28.2 Å². The standard InChI is InChI=1S/C9H18O3/c1-7(2)9(12,4-5-10)6-8(3)11/h7,10,12H,4-6H2,1-3H3. The number of hydrogen-bond acceptors (Lipinski definition) is 3. The lowest BCUT2D eigenvalue weighted by atomic mass is 9.83. The van der Waals surface area contributed by atoms with Crippen molar-refractivity contribution in [1.29, 1.82) is 0 Å². The molecule has 0 rings (SSSR count). The Kier molecular flexibility index (Phi) is 4.42. The molecule has 3 heteroatoms. The van der Waals surface area contributed by atoms with Gasteiger partial charge in [0.15, 0.2) is 0 Å². The minimum absolute atomic E-state index is 0.00597. The van der Waals surface area contributed by atoms with Gasteiger partial charge in [-0.05, 0) is 19.3 Å². The van der Waals surface area contributed by atoms with Crippen molar-refractivity contribution in [3.63, 3.8) is 0 Å². The number of aliphatic hydroxyl groups excluding tert-OH is 1. The zero-order valence-corrected chi connectivity index (χ0v) is 8.00. The second-order valence-corrected chi connectivity index (χ2v) is 3.61. The van der Waals surface area contributed by atoms with Crippen molar-refractivity contribution in [1.82, 2.24) is 0 Å². The molecule has 2 N–H and O–H groups in total. The third-order valence-corrected chi connectivity index (χ3v) is 2.17. The zero-order chi connectivity index (χ0) is 9.78. The maximum atomic E-state index is 10.8. The first-order chi connectivity index (χ1) is 5.42. The molecule has 12 heavy (non-hydrogen) atoms. The number of carbonyl (C=O) groups excluding carboxylic acids is 1. The molecule has 0 aliphatic carbocycles. The number of carbonyl (C=O) groups is 1. The largest absolute Gasteiger partial charge is 0.396 e. The van der Waals surface area contributed by atoms with Crippen LogP contribution in [0.25, 0.3) is 0 Å². The average molecular weight is 174 g/mol. The van der Waals surface area contributed by atoms with Gasteiger partial charge in [0, 0.05) is 13.0 Å². The highest BCUT2D eigenvalue weighted by Gasteiger charge is 2.31. The SMILES string of the molecule is CC(=O)CC(O)(CCO)C(C)C. The molecule has 0 aromatic rings. The molecule has 0 aliphatic heterocycles. The molecule has 0 spiro atoms. The van der Waals surface area contributed by atoms with E-state index in [1.165, 1.54) is 6.92 Å². The van der Waals surface area contributed by atoms with E-state index in [0.29, 0.717) is 0 Å². The van der Waals surface area contributed by atoms with Gasteiger partial charge in [-0.25, -0.2) is 0 Å². The molecular formula is C9H18O3. The van der Waals surface area contributed by atoms with E-state index >= 15 is 0 Å². The summed E-state index contributed by atoms with van der Waals surface area (Å²) in [4.78, 5) is 10.8. The highest BCUT2D eigenvalue weighted by Crippen LogP contribution is 2.24. The molecule has 0 fully saturated rings. The van der Waals surface area contributed by atoms with E-state index < -0.39 is 5.60 Å². The lowest BCUT2D eigenvalue weighted by Crippen LogP contribution is -2.38. The predicted molar refractivity (Wildman–Crippen MR) is 46.8 cm³/mol. The fraction of sp³-hybridized carbons (Fsp3) is 0.889. The minimum Gasteiger partial charge on any atom is -0.396 e. The van der Waals surface area contributed by atoms with Gasteiger partial charge in [0.2, 0.25) is 0 Å². The van der Waals surface area contributed by atoms with E-state index in [9.17, 15) is 9.90 Å². The van der Waals surface area contributed by atoms with Gasteiger partial charge in [-0.1, -0.05) is 13.8 Å². The van der Waals surface area contributed by atoms with Gasteiger partial charge in [0.1, 0.15) is 5.78 Å². The van der Waals surface area contributed by atoms with Crippen molar-refractivity contribution >= 4 is 5.78 Å². The highest BCUT2D eigenvalue weighted by atomic mass is 16.3. The van der Waals surface area contributed by atoms with Crippen molar-refractivity contribution in [3.8, 4) is 0 Å². The Bertz CT molecular complexity index is 154. The topological polar surface area (TPSA) is 57.5 Å². The first kappa shape index (κ1) is 11.6. The van der Waals surface area contributed by atoms with Gasteiger partial charge >= 0.3 is 0 Å².